The van der Waals surface area contributed by atoms with Gasteiger partial charge < -0.3 is 4.74 Å². The van der Waals surface area contributed by atoms with Crippen LogP contribution in [0.25, 0.3) is 0 Å². The summed E-state index contributed by atoms with van der Waals surface area (Å²) >= 11 is 0. The highest BCUT2D eigenvalue weighted by Gasteiger charge is 2.03. The molecule has 14 heavy (non-hydrogen) atoms. The predicted octanol–water partition coefficient (Wildman–Crippen LogP) is 1.01. The monoisotopic (exact) mass is 196 g/mol. The van der Waals surface area contributed by atoms with E-state index < -0.39 is 0 Å². The van der Waals surface area contributed by atoms with Crippen LogP contribution in [-0.2, 0) is 11.3 Å². The van der Waals surface area contributed by atoms with Crippen molar-refractivity contribution < 1.29 is 4.74 Å². The molecule has 4 nitrogen and oxygen atoms in total. The molecule has 1 rings (SSSR count). The Balaban J connectivity index is 2.91. The summed E-state index contributed by atoms with van der Waals surface area (Å²) in [5.41, 5.74) is 0.854. The smallest absolute Gasteiger partial charge is 0.266 e. The number of ether oxygens (including phenoxy) is 1. The van der Waals surface area contributed by atoms with Crippen molar-refractivity contribution >= 4 is 0 Å². The zero-order chi connectivity index (χ0) is 10.6. The van der Waals surface area contributed by atoms with Crippen LogP contribution in [0, 0.1) is 0 Å². The first-order valence-corrected chi connectivity index (χ1v) is 4.72. The van der Waals surface area contributed by atoms with Gasteiger partial charge in [0.2, 0.25) is 0 Å². The lowest BCUT2D eigenvalue weighted by atomic mass is 10.1. The van der Waals surface area contributed by atoms with Crippen LogP contribution in [0.2, 0.25) is 0 Å². The minimum atomic E-state index is -0.0774. The lowest BCUT2D eigenvalue weighted by molar-refractivity contribution is 0.181. The summed E-state index contributed by atoms with van der Waals surface area (Å²) in [4.78, 5) is 11.3. The average molecular weight is 196 g/mol. The van der Waals surface area contributed by atoms with E-state index in [1.807, 2.05) is 13.8 Å². The van der Waals surface area contributed by atoms with Gasteiger partial charge in [-0.2, -0.15) is 5.10 Å². The Bertz CT molecular complexity index is 344. The topological polar surface area (TPSA) is 44.1 Å². The zero-order valence-corrected chi connectivity index (χ0v) is 8.86. The van der Waals surface area contributed by atoms with Crippen molar-refractivity contribution in [3.63, 3.8) is 0 Å². The summed E-state index contributed by atoms with van der Waals surface area (Å²) in [6.45, 7) is 5.12. The summed E-state index contributed by atoms with van der Waals surface area (Å²) in [5.74, 6) is 0.337. The first-order chi connectivity index (χ1) is 6.65. The quantitative estimate of drug-likeness (QED) is 0.722. The van der Waals surface area contributed by atoms with Gasteiger partial charge in [-0.25, -0.2) is 4.68 Å². The maximum atomic E-state index is 11.3. The van der Waals surface area contributed by atoms with Gasteiger partial charge in [0.15, 0.2) is 0 Å². The fourth-order valence-electron chi connectivity index (χ4n) is 1.11. The van der Waals surface area contributed by atoms with E-state index in [-0.39, 0.29) is 5.56 Å². The number of rotatable bonds is 4. The van der Waals surface area contributed by atoms with Gasteiger partial charge in [-0.15, -0.1) is 0 Å². The van der Waals surface area contributed by atoms with Crippen LogP contribution in [0.4, 0.5) is 0 Å². The van der Waals surface area contributed by atoms with Crippen molar-refractivity contribution in [3.8, 4) is 0 Å². The molecule has 0 aliphatic rings. The summed E-state index contributed by atoms with van der Waals surface area (Å²) < 4.78 is 6.34. The molecule has 0 saturated heterocycles. The Morgan fingerprint density at radius 3 is 2.79 bits per heavy atom. The summed E-state index contributed by atoms with van der Waals surface area (Å²) in [7, 11) is 1.61. The number of hydrogen-bond donors (Lipinski definition) is 0. The Morgan fingerprint density at radius 1 is 1.50 bits per heavy atom. The van der Waals surface area contributed by atoms with Crippen molar-refractivity contribution in [2.75, 3.05) is 13.7 Å². The van der Waals surface area contributed by atoms with Crippen LogP contribution in [0.3, 0.4) is 0 Å². The SMILES string of the molecule is COCCn1nc(C(C)C)ccc1=O. The molecular weight excluding hydrogens is 180 g/mol. The molecule has 1 aromatic rings. The van der Waals surface area contributed by atoms with Crippen molar-refractivity contribution in [1.29, 1.82) is 0 Å². The van der Waals surface area contributed by atoms with Gasteiger partial charge in [-0.05, 0) is 12.0 Å². The highest BCUT2D eigenvalue weighted by molar-refractivity contribution is 5.04. The molecule has 0 spiro atoms. The molecule has 0 N–H and O–H groups in total. The highest BCUT2D eigenvalue weighted by Crippen LogP contribution is 2.07. The largest absolute Gasteiger partial charge is 0.383 e. The second-order valence-electron chi connectivity index (χ2n) is 3.47. The molecule has 78 valence electrons. The molecule has 0 atom stereocenters. The number of aromatic nitrogens is 2. The Kier molecular flexibility index (Phi) is 3.83. The van der Waals surface area contributed by atoms with Crippen molar-refractivity contribution in [2.24, 2.45) is 0 Å². The van der Waals surface area contributed by atoms with Gasteiger partial charge in [0.05, 0.1) is 18.8 Å². The molecule has 1 heterocycles. The van der Waals surface area contributed by atoms with E-state index in [2.05, 4.69) is 5.10 Å². The van der Waals surface area contributed by atoms with Crippen LogP contribution in [-0.4, -0.2) is 23.5 Å². The number of methoxy groups -OCH3 is 1. The van der Waals surface area contributed by atoms with E-state index in [0.717, 1.165) is 5.69 Å². The third kappa shape index (κ3) is 2.67. The lowest BCUT2D eigenvalue weighted by Crippen LogP contribution is -2.25. The molecular formula is C10H16N2O2. The summed E-state index contributed by atoms with van der Waals surface area (Å²) in [6.07, 6.45) is 0. The van der Waals surface area contributed by atoms with E-state index in [1.165, 1.54) is 4.68 Å². The second-order valence-corrected chi connectivity index (χ2v) is 3.47. The molecule has 0 aliphatic carbocycles. The molecule has 0 radical (unpaired) electrons. The summed E-state index contributed by atoms with van der Waals surface area (Å²) in [6, 6.07) is 3.33. The first-order valence-electron chi connectivity index (χ1n) is 4.72. The average Bonchev–Trinajstić information content (AvgIpc) is 2.16. The van der Waals surface area contributed by atoms with E-state index in [0.29, 0.717) is 19.1 Å². The maximum absolute atomic E-state index is 11.3. The fraction of sp³-hybridized carbons (Fsp3) is 0.600. The standard InChI is InChI=1S/C10H16N2O2/c1-8(2)9-4-5-10(13)12(11-9)6-7-14-3/h4-5,8H,6-7H2,1-3H3. The maximum Gasteiger partial charge on any atom is 0.266 e. The van der Waals surface area contributed by atoms with E-state index in [4.69, 9.17) is 4.74 Å². The zero-order valence-electron chi connectivity index (χ0n) is 8.86. The molecule has 0 aromatic carbocycles. The van der Waals surface area contributed by atoms with Crippen molar-refractivity contribution in [2.45, 2.75) is 26.3 Å². The van der Waals surface area contributed by atoms with E-state index in [9.17, 15) is 4.79 Å². The van der Waals surface area contributed by atoms with Crippen LogP contribution >= 0.6 is 0 Å². The van der Waals surface area contributed by atoms with Crippen LogP contribution in [0.15, 0.2) is 16.9 Å². The third-order valence-corrected chi connectivity index (χ3v) is 1.99. The molecule has 0 saturated carbocycles. The van der Waals surface area contributed by atoms with Gasteiger partial charge >= 0.3 is 0 Å². The Hall–Kier alpha value is -1.16. The summed E-state index contributed by atoms with van der Waals surface area (Å²) in [5, 5.41) is 4.23. The van der Waals surface area contributed by atoms with Crippen molar-refractivity contribution in [1.82, 2.24) is 9.78 Å². The van der Waals surface area contributed by atoms with Crippen LogP contribution in [0.5, 0.6) is 0 Å². The lowest BCUT2D eigenvalue weighted by Gasteiger charge is -2.08. The first kappa shape index (κ1) is 10.9. The van der Waals surface area contributed by atoms with Gasteiger partial charge in [0.25, 0.3) is 5.56 Å². The van der Waals surface area contributed by atoms with Crippen molar-refractivity contribution in [3.05, 3.63) is 28.2 Å². The van der Waals surface area contributed by atoms with Crippen LogP contribution < -0.4 is 5.56 Å². The Labute approximate surface area is 83.5 Å². The van der Waals surface area contributed by atoms with Crippen LogP contribution in [0.1, 0.15) is 25.5 Å². The van der Waals surface area contributed by atoms with Gasteiger partial charge in [0, 0.05) is 13.2 Å². The van der Waals surface area contributed by atoms with Gasteiger partial charge in [-0.3, -0.25) is 4.79 Å². The minimum absolute atomic E-state index is 0.0774. The molecule has 1 aromatic heterocycles. The molecule has 4 heteroatoms. The fourth-order valence-corrected chi connectivity index (χ4v) is 1.11. The molecule has 0 unspecified atom stereocenters. The Morgan fingerprint density at radius 2 is 2.21 bits per heavy atom. The van der Waals surface area contributed by atoms with Gasteiger partial charge in [0.1, 0.15) is 0 Å². The molecule has 0 amide bonds. The van der Waals surface area contributed by atoms with Gasteiger partial charge in [-0.1, -0.05) is 13.8 Å². The number of hydrogen-bond acceptors (Lipinski definition) is 3. The molecule has 0 aliphatic heterocycles. The number of nitrogens with zero attached hydrogens (tertiary/aromatic N) is 2. The van der Waals surface area contributed by atoms with E-state index in [1.54, 1.807) is 19.2 Å². The predicted molar refractivity (Wildman–Crippen MR) is 54.5 cm³/mol. The van der Waals surface area contributed by atoms with E-state index >= 15 is 0 Å². The second kappa shape index (κ2) is 4.91. The highest BCUT2D eigenvalue weighted by atomic mass is 16.5. The molecule has 0 bridgehead atoms. The normalized spacial score (nSPS) is 10.9. The molecule has 0 fully saturated rings. The third-order valence-electron chi connectivity index (χ3n) is 1.99. The minimum Gasteiger partial charge on any atom is -0.383 e.